The third-order valence-corrected chi connectivity index (χ3v) is 5.91. The molecule has 0 heterocycles. The molecule has 1 N–H and O–H groups in total. The number of nitrogens with zero attached hydrogens (tertiary/aromatic N) is 1. The first-order valence-corrected chi connectivity index (χ1v) is 9.70. The van der Waals surface area contributed by atoms with Crippen molar-refractivity contribution < 1.29 is 8.42 Å². The fourth-order valence-corrected chi connectivity index (χ4v) is 4.06. The largest absolute Gasteiger partial charge is 0.301 e. The van der Waals surface area contributed by atoms with Crippen LogP contribution < -0.4 is 4.72 Å². The van der Waals surface area contributed by atoms with Gasteiger partial charge >= 0.3 is 0 Å². The molecule has 0 aromatic heterocycles. The molecule has 2 rings (SSSR count). The van der Waals surface area contributed by atoms with Crippen molar-refractivity contribution in [2.75, 3.05) is 20.6 Å². The van der Waals surface area contributed by atoms with E-state index in [2.05, 4.69) is 23.8 Å². The predicted octanol–water partition coefficient (Wildman–Crippen LogP) is 3.48. The van der Waals surface area contributed by atoms with Crippen LogP contribution in [0.1, 0.15) is 24.1 Å². The van der Waals surface area contributed by atoms with Gasteiger partial charge in [-0.25, -0.2) is 13.1 Å². The molecule has 0 radical (unpaired) electrons. The zero-order valence-corrected chi connectivity index (χ0v) is 15.7. The Morgan fingerprint density at radius 3 is 2.25 bits per heavy atom. The predicted molar refractivity (Wildman–Crippen MR) is 98.9 cm³/mol. The van der Waals surface area contributed by atoms with E-state index in [1.165, 1.54) is 11.6 Å². The minimum absolute atomic E-state index is 0.0619. The van der Waals surface area contributed by atoms with Crippen LogP contribution in [0.4, 0.5) is 0 Å². The molecule has 2 aromatic carbocycles. The maximum absolute atomic E-state index is 12.5. The first kappa shape index (κ1) is 18.9. The molecule has 2 aromatic rings. The van der Waals surface area contributed by atoms with Crippen LogP contribution in [-0.2, 0) is 16.4 Å². The molecule has 1 atom stereocenters. The van der Waals surface area contributed by atoms with Gasteiger partial charge < -0.3 is 4.90 Å². The first-order chi connectivity index (χ1) is 11.3. The van der Waals surface area contributed by atoms with Crippen LogP contribution in [0, 0.1) is 0 Å². The Balaban J connectivity index is 2.18. The van der Waals surface area contributed by atoms with Crippen LogP contribution in [-0.4, -0.2) is 34.0 Å². The Morgan fingerprint density at radius 1 is 1.08 bits per heavy atom. The third-order valence-electron chi connectivity index (χ3n) is 3.99. The summed E-state index contributed by atoms with van der Waals surface area (Å²) in [6.45, 7) is 2.38. The minimum Gasteiger partial charge on any atom is -0.301 e. The second-order valence-electron chi connectivity index (χ2n) is 5.86. The fourth-order valence-electron chi connectivity index (χ4n) is 2.50. The van der Waals surface area contributed by atoms with Crippen LogP contribution in [0.2, 0.25) is 5.02 Å². The van der Waals surface area contributed by atoms with Crippen LogP contribution in [0.15, 0.2) is 53.4 Å². The molecule has 0 aliphatic rings. The Bertz CT molecular complexity index is 774. The van der Waals surface area contributed by atoms with Gasteiger partial charge in [0, 0.05) is 12.6 Å². The normalized spacial score (nSPS) is 13.2. The molecule has 0 bridgehead atoms. The van der Waals surface area contributed by atoms with Crippen molar-refractivity contribution in [2.45, 2.75) is 24.3 Å². The molecule has 0 aliphatic heterocycles. The highest BCUT2D eigenvalue weighted by atomic mass is 35.5. The van der Waals surface area contributed by atoms with E-state index in [0.717, 1.165) is 12.0 Å². The fraction of sp³-hybridized carbons (Fsp3) is 0.333. The highest BCUT2D eigenvalue weighted by molar-refractivity contribution is 7.89. The Hall–Kier alpha value is -1.40. The average Bonchev–Trinajstić information content (AvgIpc) is 2.55. The lowest BCUT2D eigenvalue weighted by Crippen LogP contribution is -2.34. The van der Waals surface area contributed by atoms with E-state index < -0.39 is 10.0 Å². The van der Waals surface area contributed by atoms with E-state index in [0.29, 0.717) is 0 Å². The van der Waals surface area contributed by atoms with Crippen molar-refractivity contribution in [3.8, 4) is 0 Å². The second-order valence-corrected chi connectivity index (χ2v) is 8.00. The number of halogens is 1. The monoisotopic (exact) mass is 366 g/mol. The van der Waals surface area contributed by atoms with Gasteiger partial charge in [0.1, 0.15) is 4.90 Å². The van der Waals surface area contributed by atoms with Gasteiger partial charge in [0.15, 0.2) is 0 Å². The minimum atomic E-state index is -3.65. The summed E-state index contributed by atoms with van der Waals surface area (Å²) in [6.07, 6.45) is 0.978. The maximum atomic E-state index is 12.5. The highest BCUT2D eigenvalue weighted by Gasteiger charge is 2.21. The first-order valence-electron chi connectivity index (χ1n) is 7.84. The molecule has 24 heavy (non-hydrogen) atoms. The maximum Gasteiger partial charge on any atom is 0.242 e. The summed E-state index contributed by atoms with van der Waals surface area (Å²) in [5.41, 5.74) is 2.33. The molecule has 0 amide bonds. The lowest BCUT2D eigenvalue weighted by molar-refractivity contribution is 0.299. The van der Waals surface area contributed by atoms with Gasteiger partial charge in [0.2, 0.25) is 10.0 Å². The van der Waals surface area contributed by atoms with Crippen molar-refractivity contribution in [2.24, 2.45) is 0 Å². The highest BCUT2D eigenvalue weighted by Crippen LogP contribution is 2.22. The van der Waals surface area contributed by atoms with E-state index in [-0.39, 0.29) is 22.5 Å². The summed E-state index contributed by atoms with van der Waals surface area (Å²) >= 11 is 6.01. The molecular formula is C18H23ClN2O2S. The van der Waals surface area contributed by atoms with Crippen LogP contribution in [0.5, 0.6) is 0 Å². The average molecular weight is 367 g/mol. The molecule has 0 saturated heterocycles. The third kappa shape index (κ3) is 4.57. The molecular weight excluding hydrogens is 344 g/mol. The Labute approximate surface area is 149 Å². The zero-order chi connectivity index (χ0) is 17.7. The van der Waals surface area contributed by atoms with Crippen LogP contribution in [0.25, 0.3) is 0 Å². The topological polar surface area (TPSA) is 49.4 Å². The molecule has 1 unspecified atom stereocenters. The Kier molecular flexibility index (Phi) is 6.40. The molecule has 0 fully saturated rings. The molecule has 0 saturated carbocycles. The number of aryl methyl sites for hydroxylation is 1. The van der Waals surface area contributed by atoms with Gasteiger partial charge in [-0.15, -0.1) is 0 Å². The van der Waals surface area contributed by atoms with Crippen molar-refractivity contribution in [1.29, 1.82) is 0 Å². The summed E-state index contributed by atoms with van der Waals surface area (Å²) in [5, 5.41) is 0.221. The van der Waals surface area contributed by atoms with E-state index in [1.807, 2.05) is 31.1 Å². The van der Waals surface area contributed by atoms with Crippen molar-refractivity contribution in [3.05, 3.63) is 64.7 Å². The number of hydrogen-bond donors (Lipinski definition) is 1. The van der Waals surface area contributed by atoms with Gasteiger partial charge in [-0.2, -0.15) is 0 Å². The van der Waals surface area contributed by atoms with E-state index >= 15 is 0 Å². The van der Waals surface area contributed by atoms with Gasteiger partial charge in [0.05, 0.1) is 5.02 Å². The standard InChI is InChI=1S/C18H23ClN2O2S/c1-4-14-9-11-15(12-10-14)17(21(2)3)13-20-24(22,23)18-8-6-5-7-16(18)19/h5-12,17,20H,4,13H2,1-3H3. The summed E-state index contributed by atoms with van der Waals surface area (Å²) < 4.78 is 27.7. The van der Waals surface area contributed by atoms with Gasteiger partial charge in [-0.1, -0.05) is 54.9 Å². The number of likely N-dealkylation sites (N-methyl/N-ethyl adjacent to an activating group) is 1. The van der Waals surface area contributed by atoms with Crippen molar-refractivity contribution >= 4 is 21.6 Å². The molecule has 6 heteroatoms. The number of hydrogen-bond acceptors (Lipinski definition) is 3. The molecule has 0 aliphatic carbocycles. The van der Waals surface area contributed by atoms with E-state index in [4.69, 9.17) is 11.6 Å². The quantitative estimate of drug-likeness (QED) is 0.816. The number of rotatable bonds is 7. The summed E-state index contributed by atoms with van der Waals surface area (Å²) in [7, 11) is 0.216. The Morgan fingerprint density at radius 2 is 1.71 bits per heavy atom. The lowest BCUT2D eigenvalue weighted by Gasteiger charge is -2.25. The van der Waals surface area contributed by atoms with Gasteiger partial charge in [-0.05, 0) is 43.8 Å². The van der Waals surface area contributed by atoms with Gasteiger partial charge in [-0.3, -0.25) is 0 Å². The summed E-state index contributed by atoms with van der Waals surface area (Å²) in [5.74, 6) is 0. The second kappa shape index (κ2) is 8.12. The van der Waals surface area contributed by atoms with Crippen molar-refractivity contribution in [1.82, 2.24) is 9.62 Å². The van der Waals surface area contributed by atoms with E-state index in [9.17, 15) is 8.42 Å². The number of nitrogens with one attached hydrogen (secondary N) is 1. The van der Waals surface area contributed by atoms with Crippen molar-refractivity contribution in [3.63, 3.8) is 0 Å². The zero-order valence-electron chi connectivity index (χ0n) is 14.2. The van der Waals surface area contributed by atoms with Crippen LogP contribution >= 0.6 is 11.6 Å². The SMILES string of the molecule is CCc1ccc(C(CNS(=O)(=O)c2ccccc2Cl)N(C)C)cc1. The molecule has 0 spiro atoms. The van der Waals surface area contributed by atoms with E-state index in [1.54, 1.807) is 18.2 Å². The summed E-state index contributed by atoms with van der Waals surface area (Å²) in [6, 6.07) is 14.6. The lowest BCUT2D eigenvalue weighted by atomic mass is 10.0. The molecule has 130 valence electrons. The summed E-state index contributed by atoms with van der Waals surface area (Å²) in [4.78, 5) is 2.10. The smallest absolute Gasteiger partial charge is 0.242 e. The number of benzene rings is 2. The van der Waals surface area contributed by atoms with Gasteiger partial charge in [0.25, 0.3) is 0 Å². The van der Waals surface area contributed by atoms with Crippen LogP contribution in [0.3, 0.4) is 0 Å². The molecule has 4 nitrogen and oxygen atoms in total. The number of sulfonamides is 1.